The topological polar surface area (TPSA) is 121 Å². The number of nitrogens with one attached hydrogen (secondary N) is 5. The van der Waals surface area contributed by atoms with Gasteiger partial charge in [-0.3, -0.25) is 0 Å². The Morgan fingerprint density at radius 1 is 0.953 bits per heavy atom. The van der Waals surface area contributed by atoms with Crippen molar-refractivity contribution in [2.75, 3.05) is 27.8 Å². The number of amides is 2. The van der Waals surface area contributed by atoms with Gasteiger partial charge in [-0.1, -0.05) is 18.2 Å². The molecule has 0 saturated carbocycles. The fraction of sp³-hybridized carbons (Fsp3) is 0.200. The largest absolute Gasteiger partial charge is 0.416 e. The lowest BCUT2D eigenvalue weighted by Crippen LogP contribution is -2.23. The average molecular weight is 588 g/mol. The third-order valence-corrected chi connectivity index (χ3v) is 7.13. The molecule has 0 aliphatic carbocycles. The van der Waals surface area contributed by atoms with Gasteiger partial charge >= 0.3 is 12.2 Å². The fourth-order valence-electron chi connectivity index (χ4n) is 4.91. The Bertz CT molecular complexity index is 1830. The van der Waals surface area contributed by atoms with Gasteiger partial charge in [0.15, 0.2) is 11.5 Å². The third-order valence-electron chi connectivity index (χ3n) is 7.13. The molecule has 0 bridgehead atoms. The van der Waals surface area contributed by atoms with Crippen molar-refractivity contribution in [3.63, 3.8) is 0 Å². The number of hydrogen-bond donors (Lipinski definition) is 5. The number of hydrogen-bond acceptors (Lipinski definition) is 7. The van der Waals surface area contributed by atoms with E-state index in [4.69, 9.17) is 0 Å². The number of nitrogens with zero attached hydrogens (tertiary/aromatic N) is 4. The van der Waals surface area contributed by atoms with Crippen LogP contribution in [0.4, 0.5) is 52.5 Å². The molecule has 10 nitrogen and oxygen atoms in total. The van der Waals surface area contributed by atoms with Crippen LogP contribution in [-0.2, 0) is 26.2 Å². The minimum atomic E-state index is -4.51. The summed E-state index contributed by atoms with van der Waals surface area (Å²) in [5, 5.41) is 20.3. The molecule has 1 aliphatic rings. The van der Waals surface area contributed by atoms with E-state index in [1.807, 2.05) is 13.0 Å². The quantitative estimate of drug-likeness (QED) is 0.154. The molecule has 0 atom stereocenters. The van der Waals surface area contributed by atoms with Crippen LogP contribution >= 0.6 is 0 Å². The Morgan fingerprint density at radius 3 is 2.56 bits per heavy atom. The van der Waals surface area contributed by atoms with Gasteiger partial charge in [-0.2, -0.15) is 23.3 Å². The zero-order chi connectivity index (χ0) is 30.1. The number of fused-ring (bicyclic) bond motifs is 2. The lowest BCUT2D eigenvalue weighted by molar-refractivity contribution is -0.137. The molecule has 0 fully saturated rings. The van der Waals surface area contributed by atoms with Crippen molar-refractivity contribution in [1.82, 2.24) is 25.1 Å². The smallest absolute Gasteiger partial charge is 0.338 e. The van der Waals surface area contributed by atoms with E-state index in [0.717, 1.165) is 42.9 Å². The van der Waals surface area contributed by atoms with E-state index in [0.29, 0.717) is 34.2 Å². The van der Waals surface area contributed by atoms with Gasteiger partial charge in [0.05, 0.1) is 10.9 Å². The summed E-state index contributed by atoms with van der Waals surface area (Å²) in [6, 6.07) is 15.2. The van der Waals surface area contributed by atoms with Crippen molar-refractivity contribution < 1.29 is 18.0 Å². The van der Waals surface area contributed by atoms with E-state index >= 15 is 0 Å². The second-order valence-corrected chi connectivity index (χ2v) is 10.3. The first-order valence-corrected chi connectivity index (χ1v) is 13.5. The second-order valence-electron chi connectivity index (χ2n) is 10.3. The molecule has 2 aromatic heterocycles. The lowest BCUT2D eigenvalue weighted by Gasteiger charge is -2.18. The zero-order valence-corrected chi connectivity index (χ0v) is 23.3. The monoisotopic (exact) mass is 587 g/mol. The minimum absolute atomic E-state index is 0.0234. The van der Waals surface area contributed by atoms with Crippen LogP contribution in [0.25, 0.3) is 11.0 Å². The normalized spacial score (nSPS) is 13.0. The van der Waals surface area contributed by atoms with Gasteiger partial charge in [-0.15, -0.1) is 0 Å². The van der Waals surface area contributed by atoms with E-state index in [1.165, 1.54) is 23.3 Å². The van der Waals surface area contributed by atoms with Crippen LogP contribution < -0.4 is 26.6 Å². The van der Waals surface area contributed by atoms with Gasteiger partial charge in [0.25, 0.3) is 0 Å². The van der Waals surface area contributed by atoms with Gasteiger partial charge in [0.1, 0.15) is 0 Å². The molecule has 5 aromatic rings. The zero-order valence-electron chi connectivity index (χ0n) is 23.3. The summed E-state index contributed by atoms with van der Waals surface area (Å²) in [4.78, 5) is 21.7. The molecule has 5 N–H and O–H groups in total. The van der Waals surface area contributed by atoms with Crippen LogP contribution in [0.3, 0.4) is 0 Å². The Hall–Kier alpha value is -5.17. The molecule has 13 heteroatoms. The summed E-state index contributed by atoms with van der Waals surface area (Å²) in [5.74, 6) is 0.970. The molecule has 3 aromatic carbocycles. The molecule has 6 rings (SSSR count). The van der Waals surface area contributed by atoms with Crippen LogP contribution in [0, 0.1) is 6.92 Å². The van der Waals surface area contributed by atoms with Gasteiger partial charge in [-0.25, -0.2) is 14.5 Å². The third kappa shape index (κ3) is 6.21. The summed E-state index contributed by atoms with van der Waals surface area (Å²) in [6.07, 6.45) is -1.81. The highest BCUT2D eigenvalue weighted by molar-refractivity contribution is 6.00. The van der Waals surface area contributed by atoms with E-state index in [1.54, 1.807) is 36.1 Å². The van der Waals surface area contributed by atoms with Crippen molar-refractivity contribution in [2.24, 2.45) is 7.05 Å². The molecule has 0 spiro atoms. The maximum absolute atomic E-state index is 13.0. The Morgan fingerprint density at radius 2 is 1.74 bits per heavy atom. The Kier molecular flexibility index (Phi) is 7.32. The van der Waals surface area contributed by atoms with E-state index in [-0.39, 0.29) is 5.69 Å². The first kappa shape index (κ1) is 28.0. The number of aromatic nitrogens is 4. The number of aryl methyl sites for hydroxylation is 2. The molecule has 3 heterocycles. The predicted octanol–water partition coefficient (Wildman–Crippen LogP) is 6.47. The first-order chi connectivity index (χ1) is 20.6. The van der Waals surface area contributed by atoms with Gasteiger partial charge < -0.3 is 26.6 Å². The predicted molar refractivity (Wildman–Crippen MR) is 160 cm³/mol. The van der Waals surface area contributed by atoms with Crippen molar-refractivity contribution in [3.05, 3.63) is 89.1 Å². The first-order valence-electron chi connectivity index (χ1n) is 13.5. The van der Waals surface area contributed by atoms with Crippen molar-refractivity contribution >= 4 is 51.6 Å². The number of alkyl halides is 3. The minimum Gasteiger partial charge on any atom is -0.338 e. The maximum Gasteiger partial charge on any atom is 0.416 e. The van der Waals surface area contributed by atoms with E-state index < -0.39 is 17.8 Å². The number of carbonyl (C=O) groups is 1. The highest BCUT2D eigenvalue weighted by atomic mass is 19.4. The number of benzene rings is 3. The molecule has 2 amide bonds. The second kappa shape index (κ2) is 11.2. The summed E-state index contributed by atoms with van der Waals surface area (Å²) < 4.78 is 40.7. The Labute approximate surface area is 244 Å². The van der Waals surface area contributed by atoms with Gasteiger partial charge in [0.2, 0.25) is 5.95 Å². The highest BCUT2D eigenvalue weighted by Gasteiger charge is 2.30. The molecule has 43 heavy (non-hydrogen) atoms. The summed E-state index contributed by atoms with van der Waals surface area (Å²) in [6.45, 7) is 3.71. The average Bonchev–Trinajstić information content (AvgIpc) is 3.28. The van der Waals surface area contributed by atoms with Crippen LogP contribution in [0.15, 0.2) is 66.9 Å². The standard InChI is InChI=1S/C30H28F3N9O/c1-17-6-8-23(38-29(43)37-21-5-3-4-20(13-21)30(31,32)33)14-25(17)39-26-24-16-35-28(40-27(24)42(2)41-26)36-22-9-7-18-10-11-34-15-19(18)12-22/h3-9,12-14,16,34H,10-11,15H2,1-2H3,(H,39,41)(H,35,36,40)(H2,37,38,43). The van der Waals surface area contributed by atoms with Crippen LogP contribution in [0.2, 0.25) is 0 Å². The number of carbonyl (C=O) groups excluding carboxylic acids is 1. The molecule has 0 unspecified atom stereocenters. The summed E-state index contributed by atoms with van der Waals surface area (Å²) >= 11 is 0. The highest BCUT2D eigenvalue weighted by Crippen LogP contribution is 2.31. The number of rotatable bonds is 6. The molecule has 0 radical (unpaired) electrons. The maximum atomic E-state index is 13.0. The van der Waals surface area contributed by atoms with Crippen LogP contribution in [0.1, 0.15) is 22.3 Å². The SMILES string of the molecule is Cc1ccc(NC(=O)Nc2cccc(C(F)(F)F)c2)cc1Nc1nn(C)c2nc(Nc3ccc4c(c3)CNCC4)ncc12. The number of urea groups is 1. The number of anilines is 6. The molecular formula is C30H28F3N9O. The molecule has 1 aliphatic heterocycles. The molecule has 0 saturated heterocycles. The van der Waals surface area contributed by atoms with Gasteiger partial charge in [-0.05, 0) is 79.0 Å². The van der Waals surface area contributed by atoms with Crippen molar-refractivity contribution in [2.45, 2.75) is 26.1 Å². The van der Waals surface area contributed by atoms with E-state index in [9.17, 15) is 18.0 Å². The van der Waals surface area contributed by atoms with Gasteiger partial charge in [0, 0.05) is 42.5 Å². The lowest BCUT2D eigenvalue weighted by atomic mass is 10.0. The fourth-order valence-corrected chi connectivity index (χ4v) is 4.91. The van der Waals surface area contributed by atoms with Crippen molar-refractivity contribution in [3.8, 4) is 0 Å². The summed E-state index contributed by atoms with van der Waals surface area (Å²) in [7, 11) is 1.79. The van der Waals surface area contributed by atoms with Crippen LogP contribution in [-0.4, -0.2) is 32.3 Å². The Balaban J connectivity index is 1.17. The number of halogens is 3. The molecule has 220 valence electrons. The van der Waals surface area contributed by atoms with E-state index in [2.05, 4.69) is 53.8 Å². The summed E-state index contributed by atoms with van der Waals surface area (Å²) in [5.41, 5.74) is 5.27. The van der Waals surface area contributed by atoms with Crippen LogP contribution in [0.5, 0.6) is 0 Å². The molecular weight excluding hydrogens is 559 g/mol. The van der Waals surface area contributed by atoms with Crippen molar-refractivity contribution in [1.29, 1.82) is 0 Å².